The molecule has 6 rings (SSSR count). The Morgan fingerprint density at radius 1 is 0.861 bits per heavy atom. The number of rotatable bonds is 7. The second-order valence-corrected chi connectivity index (χ2v) is 12.0. The van der Waals surface area contributed by atoms with Crippen molar-refractivity contribution in [1.82, 2.24) is 0 Å². The molecule has 2 aliphatic heterocycles. The smallest absolute Gasteiger partial charge is 0.179 e. The molecule has 0 amide bonds. The molecular weight excluding hydrogens is 550 g/mol. The molecule has 3 heterocycles. The molecular formula is C30H28BrNO2S2. The Balaban J connectivity index is 1.36. The van der Waals surface area contributed by atoms with E-state index in [2.05, 4.69) is 93.8 Å². The third-order valence-corrected chi connectivity index (χ3v) is 9.24. The maximum atomic E-state index is 5.97. The highest BCUT2D eigenvalue weighted by Gasteiger charge is 2.27. The van der Waals surface area contributed by atoms with E-state index in [0.717, 1.165) is 27.3 Å². The number of benzene rings is 3. The molecule has 0 unspecified atom stereocenters. The molecule has 184 valence electrons. The molecule has 0 atom stereocenters. The van der Waals surface area contributed by atoms with Gasteiger partial charge in [0, 0.05) is 25.3 Å². The van der Waals surface area contributed by atoms with E-state index in [0.29, 0.717) is 13.2 Å². The predicted octanol–water partition coefficient (Wildman–Crippen LogP) is 10.0. The van der Waals surface area contributed by atoms with Crippen molar-refractivity contribution in [2.24, 2.45) is 0 Å². The van der Waals surface area contributed by atoms with Gasteiger partial charge in [0.05, 0.1) is 16.3 Å². The average Bonchev–Trinajstić information content (AvgIpc) is 3.34. The Morgan fingerprint density at radius 3 is 2.47 bits per heavy atom. The zero-order valence-electron chi connectivity index (χ0n) is 20.3. The van der Waals surface area contributed by atoms with Crippen molar-refractivity contribution < 1.29 is 9.47 Å². The third kappa shape index (κ3) is 4.67. The number of aryl methyl sites for hydroxylation is 1. The maximum Gasteiger partial charge on any atom is 0.179 e. The van der Waals surface area contributed by atoms with Crippen molar-refractivity contribution >= 4 is 56.1 Å². The van der Waals surface area contributed by atoms with Crippen LogP contribution in [0, 0.1) is 0 Å². The summed E-state index contributed by atoms with van der Waals surface area (Å²) in [6, 6.07) is 22.4. The lowest BCUT2D eigenvalue weighted by Crippen LogP contribution is -2.15. The highest BCUT2D eigenvalue weighted by atomic mass is 79.9. The summed E-state index contributed by atoms with van der Waals surface area (Å²) in [7, 11) is 0. The topological polar surface area (TPSA) is 21.7 Å². The van der Waals surface area contributed by atoms with E-state index < -0.39 is 0 Å². The van der Waals surface area contributed by atoms with Crippen LogP contribution >= 0.6 is 39.0 Å². The van der Waals surface area contributed by atoms with Gasteiger partial charge in [-0.2, -0.15) is 0 Å². The molecule has 0 N–H and O–H groups in total. The van der Waals surface area contributed by atoms with Gasteiger partial charge in [-0.1, -0.05) is 72.1 Å². The number of halogens is 1. The van der Waals surface area contributed by atoms with E-state index in [9.17, 15) is 0 Å². The number of fused-ring (bicyclic) bond motifs is 3. The van der Waals surface area contributed by atoms with Crippen LogP contribution in [-0.4, -0.2) is 13.2 Å². The normalized spacial score (nSPS) is 13.9. The average molecular weight is 579 g/mol. The number of thiophene rings is 1. The summed E-state index contributed by atoms with van der Waals surface area (Å²) in [6.07, 6.45) is 6.32. The lowest BCUT2D eigenvalue weighted by Gasteiger charge is -2.33. The molecule has 0 fully saturated rings. The second-order valence-electron chi connectivity index (χ2n) is 9.16. The van der Waals surface area contributed by atoms with E-state index in [1.54, 1.807) is 11.3 Å². The van der Waals surface area contributed by atoms with E-state index in [-0.39, 0.29) is 0 Å². The van der Waals surface area contributed by atoms with Crippen LogP contribution in [-0.2, 0) is 6.42 Å². The first-order chi connectivity index (χ1) is 17.7. The van der Waals surface area contributed by atoms with Crippen LogP contribution in [0.4, 0.5) is 17.1 Å². The van der Waals surface area contributed by atoms with Crippen molar-refractivity contribution in [2.45, 2.75) is 48.8 Å². The molecule has 0 saturated heterocycles. The Morgan fingerprint density at radius 2 is 1.64 bits per heavy atom. The predicted molar refractivity (Wildman–Crippen MR) is 155 cm³/mol. The van der Waals surface area contributed by atoms with Crippen LogP contribution in [0.2, 0.25) is 0 Å². The quantitative estimate of drug-likeness (QED) is 0.179. The van der Waals surface area contributed by atoms with Gasteiger partial charge in [0.1, 0.15) is 13.2 Å². The van der Waals surface area contributed by atoms with Gasteiger partial charge in [-0.15, -0.1) is 11.3 Å². The van der Waals surface area contributed by atoms with E-state index >= 15 is 0 Å². The molecule has 6 heteroatoms. The zero-order chi connectivity index (χ0) is 24.5. The Hall–Kier alpha value is -2.41. The first-order valence-electron chi connectivity index (χ1n) is 12.6. The number of unbranched alkanes of at least 4 members (excludes halogenated alkanes) is 3. The fourth-order valence-corrected chi connectivity index (χ4v) is 7.41. The number of hydrogen-bond donors (Lipinski definition) is 0. The molecule has 4 aromatic rings. The summed E-state index contributed by atoms with van der Waals surface area (Å²) >= 11 is 7.19. The molecule has 1 aromatic heterocycles. The van der Waals surface area contributed by atoms with Crippen LogP contribution in [0.25, 0.3) is 10.4 Å². The molecule has 0 bridgehead atoms. The van der Waals surface area contributed by atoms with Gasteiger partial charge >= 0.3 is 0 Å². The monoisotopic (exact) mass is 577 g/mol. The van der Waals surface area contributed by atoms with Gasteiger partial charge < -0.3 is 14.4 Å². The highest BCUT2D eigenvalue weighted by molar-refractivity contribution is 9.10. The summed E-state index contributed by atoms with van der Waals surface area (Å²) < 4.78 is 12.8. The van der Waals surface area contributed by atoms with Crippen LogP contribution in [0.1, 0.15) is 38.2 Å². The summed E-state index contributed by atoms with van der Waals surface area (Å²) in [5.74, 6) is 1.74. The lowest BCUT2D eigenvalue weighted by atomic mass is 10.0. The van der Waals surface area contributed by atoms with Gasteiger partial charge in [0.25, 0.3) is 0 Å². The van der Waals surface area contributed by atoms with Crippen LogP contribution in [0.3, 0.4) is 0 Å². The fourth-order valence-electron chi connectivity index (χ4n) is 4.83. The van der Waals surface area contributed by atoms with E-state index in [4.69, 9.17) is 9.47 Å². The van der Waals surface area contributed by atoms with Crippen molar-refractivity contribution in [2.75, 3.05) is 18.1 Å². The summed E-state index contributed by atoms with van der Waals surface area (Å²) in [4.78, 5) is 6.00. The van der Waals surface area contributed by atoms with Gasteiger partial charge in [-0.25, -0.2) is 0 Å². The summed E-state index contributed by atoms with van der Waals surface area (Å²) in [6.45, 7) is 3.47. The van der Waals surface area contributed by atoms with Gasteiger partial charge in [0.15, 0.2) is 11.5 Å². The standard InChI is InChI=1S/C30H28BrNO2S2/c1-2-3-4-5-6-20-7-11-23(12-8-20)32-24-13-9-21(30-29-26(19-35-30)33-15-16-34-29)17-27(24)36-28-18-22(31)10-14-25(28)32/h7-14,17-19H,2-6,15-16H2,1H3. The Labute approximate surface area is 229 Å². The third-order valence-electron chi connectivity index (χ3n) is 6.66. The van der Waals surface area contributed by atoms with Gasteiger partial charge in [0.2, 0.25) is 0 Å². The van der Waals surface area contributed by atoms with Crippen molar-refractivity contribution in [1.29, 1.82) is 0 Å². The van der Waals surface area contributed by atoms with Crippen molar-refractivity contribution in [3.63, 3.8) is 0 Å². The number of anilines is 3. The Bertz CT molecular complexity index is 1380. The van der Waals surface area contributed by atoms with Crippen LogP contribution in [0.5, 0.6) is 11.5 Å². The molecule has 36 heavy (non-hydrogen) atoms. The molecule has 3 aromatic carbocycles. The van der Waals surface area contributed by atoms with Crippen molar-refractivity contribution in [3.8, 4) is 21.9 Å². The van der Waals surface area contributed by atoms with Gasteiger partial charge in [-0.05, 0) is 66.4 Å². The minimum absolute atomic E-state index is 0.597. The zero-order valence-corrected chi connectivity index (χ0v) is 23.5. The van der Waals surface area contributed by atoms with Gasteiger partial charge in [-0.3, -0.25) is 0 Å². The van der Waals surface area contributed by atoms with Crippen LogP contribution < -0.4 is 14.4 Å². The first-order valence-corrected chi connectivity index (χ1v) is 15.1. The first kappa shape index (κ1) is 24.0. The second kappa shape index (κ2) is 10.5. The Kier molecular flexibility index (Phi) is 7.00. The number of hydrogen-bond acceptors (Lipinski definition) is 5. The lowest BCUT2D eigenvalue weighted by molar-refractivity contribution is 0.174. The highest BCUT2D eigenvalue weighted by Crippen LogP contribution is 2.54. The molecule has 3 nitrogen and oxygen atoms in total. The van der Waals surface area contributed by atoms with E-state index in [1.807, 2.05) is 11.8 Å². The number of nitrogens with zero attached hydrogens (tertiary/aromatic N) is 1. The maximum absolute atomic E-state index is 5.97. The SMILES string of the molecule is CCCCCCc1ccc(N2c3ccc(Br)cc3Sc3cc(-c4scc5c4OCCO5)ccc32)cc1. The molecule has 2 aliphatic rings. The van der Waals surface area contributed by atoms with Crippen molar-refractivity contribution in [3.05, 3.63) is 76.1 Å². The number of ether oxygens (including phenoxy) is 2. The van der Waals surface area contributed by atoms with Crippen LogP contribution in [0.15, 0.2) is 80.3 Å². The molecule has 0 spiro atoms. The summed E-state index contributed by atoms with van der Waals surface area (Å²) in [5.41, 5.74) is 6.19. The fraction of sp³-hybridized carbons (Fsp3) is 0.267. The van der Waals surface area contributed by atoms with E-state index in [1.165, 1.54) is 63.7 Å². The largest absolute Gasteiger partial charge is 0.485 e. The molecule has 0 radical (unpaired) electrons. The minimum Gasteiger partial charge on any atom is -0.485 e. The minimum atomic E-state index is 0.597. The molecule has 0 aliphatic carbocycles. The molecule has 0 saturated carbocycles. The summed E-state index contributed by atoms with van der Waals surface area (Å²) in [5, 5.41) is 2.05.